The molecule has 0 spiro atoms. The predicted molar refractivity (Wildman–Crippen MR) is 91.5 cm³/mol. The van der Waals surface area contributed by atoms with E-state index in [1.165, 1.54) is 36.1 Å². The van der Waals surface area contributed by atoms with Crippen LogP contribution < -0.4 is 10.1 Å². The van der Waals surface area contributed by atoms with Crippen LogP contribution in [0.25, 0.3) is 0 Å². The zero-order chi connectivity index (χ0) is 16.2. The van der Waals surface area contributed by atoms with Crippen LogP contribution in [0.4, 0.5) is 4.39 Å². The van der Waals surface area contributed by atoms with Gasteiger partial charge in [0.15, 0.2) is 0 Å². The van der Waals surface area contributed by atoms with Gasteiger partial charge in [-0.1, -0.05) is 24.3 Å². The van der Waals surface area contributed by atoms with E-state index >= 15 is 0 Å². The van der Waals surface area contributed by atoms with Crippen LogP contribution in [0.2, 0.25) is 0 Å². The van der Waals surface area contributed by atoms with Crippen LogP contribution in [0.3, 0.4) is 0 Å². The molecule has 1 fully saturated rings. The van der Waals surface area contributed by atoms with Gasteiger partial charge in [-0.3, -0.25) is 0 Å². The average molecular weight is 313 g/mol. The Morgan fingerprint density at radius 1 is 1.13 bits per heavy atom. The molecule has 3 rings (SSSR count). The van der Waals surface area contributed by atoms with E-state index in [9.17, 15) is 4.39 Å². The third kappa shape index (κ3) is 3.73. The van der Waals surface area contributed by atoms with E-state index in [1.54, 1.807) is 6.07 Å². The normalized spacial score (nSPS) is 17.0. The molecule has 1 N–H and O–H groups in total. The third-order valence-electron chi connectivity index (χ3n) is 4.73. The number of rotatable bonds is 4. The van der Waals surface area contributed by atoms with Gasteiger partial charge in [-0.2, -0.15) is 0 Å². The Bertz CT molecular complexity index is 664. The zero-order valence-corrected chi connectivity index (χ0v) is 13.8. The highest BCUT2D eigenvalue weighted by atomic mass is 19.1. The first-order valence-corrected chi connectivity index (χ1v) is 8.37. The van der Waals surface area contributed by atoms with Gasteiger partial charge >= 0.3 is 0 Å². The summed E-state index contributed by atoms with van der Waals surface area (Å²) in [5.74, 6) is 1.28. The van der Waals surface area contributed by atoms with E-state index in [0.29, 0.717) is 5.92 Å². The van der Waals surface area contributed by atoms with Crippen molar-refractivity contribution in [2.45, 2.75) is 38.7 Å². The molecule has 0 amide bonds. The fraction of sp³-hybridized carbons (Fsp3) is 0.400. The summed E-state index contributed by atoms with van der Waals surface area (Å²) in [6.45, 7) is 6.25. The summed E-state index contributed by atoms with van der Waals surface area (Å²) in [5.41, 5.74) is 3.45. The lowest BCUT2D eigenvalue weighted by atomic mass is 9.87. The summed E-state index contributed by atoms with van der Waals surface area (Å²) >= 11 is 0. The Morgan fingerprint density at radius 2 is 1.87 bits per heavy atom. The number of halogens is 1. The highest BCUT2D eigenvalue weighted by Crippen LogP contribution is 2.34. The number of nitrogens with one attached hydrogen (secondary N) is 1. The van der Waals surface area contributed by atoms with E-state index in [2.05, 4.69) is 24.4 Å². The molecule has 2 aromatic rings. The first kappa shape index (κ1) is 16.0. The van der Waals surface area contributed by atoms with Crippen LogP contribution in [0.15, 0.2) is 42.5 Å². The van der Waals surface area contributed by atoms with E-state index in [1.807, 2.05) is 19.1 Å². The van der Waals surface area contributed by atoms with Gasteiger partial charge in [-0.05, 0) is 80.6 Å². The van der Waals surface area contributed by atoms with Crippen molar-refractivity contribution in [3.8, 4) is 5.75 Å². The number of piperidine rings is 1. The summed E-state index contributed by atoms with van der Waals surface area (Å²) in [6, 6.07) is 12.9. The third-order valence-corrected chi connectivity index (χ3v) is 4.73. The lowest BCUT2D eigenvalue weighted by Crippen LogP contribution is -2.27. The molecule has 1 unspecified atom stereocenters. The number of hydrogen-bond acceptors (Lipinski definition) is 2. The minimum absolute atomic E-state index is 0.173. The molecule has 1 atom stereocenters. The molecule has 0 aromatic heterocycles. The second kappa shape index (κ2) is 7.14. The van der Waals surface area contributed by atoms with E-state index in [-0.39, 0.29) is 11.9 Å². The predicted octanol–water partition coefficient (Wildman–Crippen LogP) is 4.74. The van der Waals surface area contributed by atoms with Crippen LogP contribution in [0.1, 0.15) is 48.5 Å². The fourth-order valence-corrected chi connectivity index (χ4v) is 3.35. The lowest BCUT2D eigenvalue weighted by molar-refractivity contribution is 0.224. The van der Waals surface area contributed by atoms with Gasteiger partial charge < -0.3 is 10.1 Å². The van der Waals surface area contributed by atoms with Crippen LogP contribution in [-0.2, 0) is 0 Å². The standard InChI is InChI=1S/C20H24FNO/c1-14-19(16-9-11-22-12-10-16)7-4-8-20(14)23-15(2)17-5-3-6-18(21)13-17/h3-8,13,15-16,22H,9-12H2,1-2H3. The molecule has 0 aliphatic carbocycles. The monoisotopic (exact) mass is 313 g/mol. The van der Waals surface area contributed by atoms with Gasteiger partial charge in [0, 0.05) is 0 Å². The summed E-state index contributed by atoms with van der Waals surface area (Å²) < 4.78 is 19.5. The number of ether oxygens (including phenoxy) is 1. The summed E-state index contributed by atoms with van der Waals surface area (Å²) in [7, 11) is 0. The van der Waals surface area contributed by atoms with Crippen LogP contribution in [0.5, 0.6) is 5.75 Å². The molecular weight excluding hydrogens is 289 g/mol. The Kier molecular flexibility index (Phi) is 4.97. The quantitative estimate of drug-likeness (QED) is 0.880. The van der Waals surface area contributed by atoms with E-state index in [0.717, 1.165) is 24.4 Å². The second-order valence-electron chi connectivity index (χ2n) is 6.31. The van der Waals surface area contributed by atoms with Gasteiger partial charge in [0.1, 0.15) is 17.7 Å². The average Bonchev–Trinajstić information content (AvgIpc) is 2.57. The van der Waals surface area contributed by atoms with Crippen molar-refractivity contribution < 1.29 is 9.13 Å². The van der Waals surface area contributed by atoms with Crippen LogP contribution in [-0.4, -0.2) is 13.1 Å². The Hall–Kier alpha value is -1.87. The van der Waals surface area contributed by atoms with Gasteiger partial charge in [0.2, 0.25) is 0 Å². The molecule has 1 aliphatic rings. The Labute approximate surface area is 137 Å². The molecule has 1 saturated heterocycles. The maximum atomic E-state index is 13.4. The number of hydrogen-bond donors (Lipinski definition) is 1. The Balaban J connectivity index is 1.80. The fourth-order valence-electron chi connectivity index (χ4n) is 3.35. The van der Waals surface area contributed by atoms with Crippen molar-refractivity contribution in [3.63, 3.8) is 0 Å². The van der Waals surface area contributed by atoms with Crippen molar-refractivity contribution >= 4 is 0 Å². The van der Waals surface area contributed by atoms with Gasteiger partial charge in [0.05, 0.1) is 0 Å². The second-order valence-corrected chi connectivity index (χ2v) is 6.31. The molecule has 122 valence electrons. The molecule has 0 bridgehead atoms. The maximum absolute atomic E-state index is 13.4. The van der Waals surface area contributed by atoms with Crippen LogP contribution >= 0.6 is 0 Å². The SMILES string of the molecule is Cc1c(OC(C)c2cccc(F)c2)cccc1C1CCNCC1. The molecule has 2 aromatic carbocycles. The first-order chi connectivity index (χ1) is 11.1. The van der Waals surface area contributed by atoms with E-state index in [4.69, 9.17) is 4.74 Å². The maximum Gasteiger partial charge on any atom is 0.123 e. The summed E-state index contributed by atoms with van der Waals surface area (Å²) in [4.78, 5) is 0. The molecule has 1 heterocycles. The highest BCUT2D eigenvalue weighted by Gasteiger charge is 2.19. The number of benzene rings is 2. The smallest absolute Gasteiger partial charge is 0.123 e. The lowest BCUT2D eigenvalue weighted by Gasteiger charge is -2.26. The topological polar surface area (TPSA) is 21.3 Å². The minimum Gasteiger partial charge on any atom is -0.486 e. The molecule has 2 nitrogen and oxygen atoms in total. The van der Waals surface area contributed by atoms with Crippen LogP contribution in [0, 0.1) is 12.7 Å². The largest absolute Gasteiger partial charge is 0.486 e. The molecule has 0 saturated carbocycles. The van der Waals surface area contributed by atoms with Gasteiger partial charge in [-0.15, -0.1) is 0 Å². The molecule has 0 radical (unpaired) electrons. The van der Waals surface area contributed by atoms with Gasteiger partial charge in [-0.25, -0.2) is 4.39 Å². The van der Waals surface area contributed by atoms with Crippen molar-refractivity contribution in [3.05, 3.63) is 65.0 Å². The molecular formula is C20H24FNO. The van der Waals surface area contributed by atoms with Crippen molar-refractivity contribution in [2.75, 3.05) is 13.1 Å². The Morgan fingerprint density at radius 3 is 2.61 bits per heavy atom. The summed E-state index contributed by atoms with van der Waals surface area (Å²) in [5, 5.41) is 3.41. The van der Waals surface area contributed by atoms with E-state index < -0.39 is 0 Å². The minimum atomic E-state index is -0.224. The highest BCUT2D eigenvalue weighted by molar-refractivity contribution is 5.41. The molecule has 3 heteroatoms. The summed E-state index contributed by atoms with van der Waals surface area (Å²) in [6.07, 6.45) is 2.17. The van der Waals surface area contributed by atoms with Crippen molar-refractivity contribution in [2.24, 2.45) is 0 Å². The van der Waals surface area contributed by atoms with Gasteiger partial charge in [0.25, 0.3) is 0 Å². The molecule has 1 aliphatic heterocycles. The first-order valence-electron chi connectivity index (χ1n) is 8.37. The van der Waals surface area contributed by atoms with Crippen molar-refractivity contribution in [1.29, 1.82) is 0 Å². The molecule has 23 heavy (non-hydrogen) atoms. The zero-order valence-electron chi connectivity index (χ0n) is 13.8. The van der Waals surface area contributed by atoms with Crippen molar-refractivity contribution in [1.82, 2.24) is 5.32 Å².